The Morgan fingerprint density at radius 2 is 1.71 bits per heavy atom. The fourth-order valence-electron chi connectivity index (χ4n) is 4.90. The smallest absolute Gasteiger partial charge is 0.255 e. The predicted octanol–water partition coefficient (Wildman–Crippen LogP) is 3.45. The highest BCUT2D eigenvalue weighted by molar-refractivity contribution is 5.98. The minimum atomic E-state index is -0.500. The van der Waals surface area contributed by atoms with Crippen molar-refractivity contribution in [3.63, 3.8) is 0 Å². The van der Waals surface area contributed by atoms with E-state index in [0.717, 1.165) is 22.3 Å². The molecule has 0 aliphatic carbocycles. The van der Waals surface area contributed by atoms with Crippen LogP contribution in [-0.4, -0.2) is 53.7 Å². The SMILES string of the molecule is Cc1ccc([C@H](CC(=O)N2CCC3(CC2)OCCO3)N2Cc3ccccc3C2=O)cc1. The third-order valence-electron chi connectivity index (χ3n) is 6.75. The molecule has 5 rings (SSSR count). The molecule has 3 heterocycles. The quantitative estimate of drug-likeness (QED) is 0.760. The normalized spacial score (nSPS) is 20.9. The van der Waals surface area contributed by atoms with Gasteiger partial charge in [0.05, 0.1) is 25.7 Å². The monoisotopic (exact) mass is 420 g/mol. The third kappa shape index (κ3) is 3.86. The van der Waals surface area contributed by atoms with E-state index < -0.39 is 5.79 Å². The lowest BCUT2D eigenvalue weighted by atomic mass is 9.98. The molecule has 6 nitrogen and oxygen atoms in total. The van der Waals surface area contributed by atoms with Crippen LogP contribution in [0.1, 0.15) is 52.4 Å². The predicted molar refractivity (Wildman–Crippen MR) is 115 cm³/mol. The second-order valence-electron chi connectivity index (χ2n) is 8.71. The van der Waals surface area contributed by atoms with Gasteiger partial charge in [-0.25, -0.2) is 0 Å². The van der Waals surface area contributed by atoms with Crippen LogP contribution in [0.4, 0.5) is 0 Å². The summed E-state index contributed by atoms with van der Waals surface area (Å²) in [6, 6.07) is 15.6. The van der Waals surface area contributed by atoms with Gasteiger partial charge >= 0.3 is 0 Å². The van der Waals surface area contributed by atoms with Crippen molar-refractivity contribution in [1.29, 1.82) is 0 Å². The molecule has 162 valence electrons. The lowest BCUT2D eigenvalue weighted by molar-refractivity contribution is -0.187. The van der Waals surface area contributed by atoms with Gasteiger partial charge in [-0.3, -0.25) is 9.59 Å². The molecule has 1 atom stereocenters. The molecular weight excluding hydrogens is 392 g/mol. The van der Waals surface area contributed by atoms with E-state index >= 15 is 0 Å². The molecule has 2 aromatic rings. The molecule has 0 aromatic heterocycles. The van der Waals surface area contributed by atoms with Crippen LogP contribution in [0.3, 0.4) is 0 Å². The highest BCUT2D eigenvalue weighted by Crippen LogP contribution is 2.36. The zero-order valence-corrected chi connectivity index (χ0v) is 17.9. The average molecular weight is 421 g/mol. The van der Waals surface area contributed by atoms with Crippen molar-refractivity contribution in [2.45, 2.75) is 44.6 Å². The van der Waals surface area contributed by atoms with Crippen LogP contribution in [0.5, 0.6) is 0 Å². The van der Waals surface area contributed by atoms with Gasteiger partial charge < -0.3 is 19.3 Å². The zero-order chi connectivity index (χ0) is 21.4. The second-order valence-corrected chi connectivity index (χ2v) is 8.71. The summed E-state index contributed by atoms with van der Waals surface area (Å²) in [6.45, 7) is 5.06. The van der Waals surface area contributed by atoms with Crippen molar-refractivity contribution in [1.82, 2.24) is 9.80 Å². The maximum atomic E-state index is 13.3. The molecule has 2 saturated heterocycles. The Labute approximate surface area is 182 Å². The first kappa shape index (κ1) is 20.2. The van der Waals surface area contributed by atoms with Crippen LogP contribution >= 0.6 is 0 Å². The topological polar surface area (TPSA) is 59.1 Å². The Morgan fingerprint density at radius 3 is 2.39 bits per heavy atom. The molecule has 0 unspecified atom stereocenters. The van der Waals surface area contributed by atoms with Crippen LogP contribution < -0.4 is 0 Å². The maximum absolute atomic E-state index is 13.3. The summed E-state index contributed by atoms with van der Waals surface area (Å²) in [7, 11) is 0. The van der Waals surface area contributed by atoms with Gasteiger partial charge in [-0.05, 0) is 24.1 Å². The number of ether oxygens (including phenoxy) is 2. The number of nitrogens with zero attached hydrogens (tertiary/aromatic N) is 2. The van der Waals surface area contributed by atoms with Crippen molar-refractivity contribution in [2.24, 2.45) is 0 Å². The lowest BCUT2D eigenvalue weighted by Crippen LogP contribution is -2.48. The number of rotatable bonds is 4. The van der Waals surface area contributed by atoms with Crippen LogP contribution in [-0.2, 0) is 20.8 Å². The molecule has 0 N–H and O–H groups in total. The number of hydrogen-bond donors (Lipinski definition) is 0. The number of amides is 2. The molecule has 3 aliphatic heterocycles. The molecule has 0 saturated carbocycles. The van der Waals surface area contributed by atoms with Crippen molar-refractivity contribution in [3.8, 4) is 0 Å². The molecule has 2 aromatic carbocycles. The van der Waals surface area contributed by atoms with E-state index in [4.69, 9.17) is 9.47 Å². The minimum absolute atomic E-state index is 0.000622. The summed E-state index contributed by atoms with van der Waals surface area (Å²) >= 11 is 0. The number of carbonyl (C=O) groups is 2. The maximum Gasteiger partial charge on any atom is 0.255 e. The van der Waals surface area contributed by atoms with Gasteiger partial charge in [0, 0.05) is 38.0 Å². The molecule has 1 spiro atoms. The molecule has 3 aliphatic rings. The summed E-state index contributed by atoms with van der Waals surface area (Å²) in [5, 5.41) is 0. The second kappa shape index (κ2) is 8.09. The molecule has 2 fully saturated rings. The van der Waals surface area contributed by atoms with Crippen LogP contribution in [0.2, 0.25) is 0 Å². The fraction of sp³-hybridized carbons (Fsp3) is 0.440. The van der Waals surface area contributed by atoms with Gasteiger partial charge in [-0.1, -0.05) is 48.0 Å². The van der Waals surface area contributed by atoms with E-state index in [-0.39, 0.29) is 24.3 Å². The van der Waals surface area contributed by atoms with Crippen molar-refractivity contribution in [2.75, 3.05) is 26.3 Å². The van der Waals surface area contributed by atoms with Gasteiger partial charge in [0.25, 0.3) is 5.91 Å². The van der Waals surface area contributed by atoms with Gasteiger partial charge in [0.1, 0.15) is 0 Å². The summed E-state index contributed by atoms with van der Waals surface area (Å²) in [5.41, 5.74) is 3.91. The van der Waals surface area contributed by atoms with E-state index in [2.05, 4.69) is 0 Å². The Hall–Kier alpha value is -2.70. The Kier molecular flexibility index (Phi) is 5.28. The first-order valence-corrected chi connectivity index (χ1v) is 11.1. The lowest BCUT2D eigenvalue weighted by Gasteiger charge is -2.38. The van der Waals surface area contributed by atoms with E-state index in [9.17, 15) is 9.59 Å². The first-order valence-electron chi connectivity index (χ1n) is 11.1. The van der Waals surface area contributed by atoms with Crippen molar-refractivity contribution in [3.05, 3.63) is 70.8 Å². The Balaban J connectivity index is 1.35. The van der Waals surface area contributed by atoms with Gasteiger partial charge in [0.15, 0.2) is 5.79 Å². The third-order valence-corrected chi connectivity index (χ3v) is 6.75. The highest BCUT2D eigenvalue weighted by Gasteiger charge is 2.42. The summed E-state index contributed by atoms with van der Waals surface area (Å²) in [4.78, 5) is 30.2. The Morgan fingerprint density at radius 1 is 1.03 bits per heavy atom. The summed E-state index contributed by atoms with van der Waals surface area (Å²) in [5.74, 6) is -0.429. The number of piperidine rings is 1. The molecule has 6 heteroatoms. The minimum Gasteiger partial charge on any atom is -0.347 e. The van der Waals surface area contributed by atoms with Crippen LogP contribution in [0.25, 0.3) is 0 Å². The van der Waals surface area contributed by atoms with Gasteiger partial charge in [0.2, 0.25) is 5.91 Å². The van der Waals surface area contributed by atoms with Crippen LogP contribution in [0.15, 0.2) is 48.5 Å². The van der Waals surface area contributed by atoms with E-state index in [0.29, 0.717) is 45.7 Å². The molecule has 2 amide bonds. The largest absolute Gasteiger partial charge is 0.347 e. The standard InChI is InChI=1S/C25H28N2O4/c1-18-6-8-19(9-7-18)22(27-17-20-4-2-3-5-21(20)24(27)29)16-23(28)26-12-10-25(11-13-26)30-14-15-31-25/h2-9,22H,10-17H2,1H3/t22-/m0/s1. The van der Waals surface area contributed by atoms with Crippen molar-refractivity contribution >= 4 is 11.8 Å². The van der Waals surface area contributed by atoms with Gasteiger partial charge in [-0.2, -0.15) is 0 Å². The van der Waals surface area contributed by atoms with Crippen LogP contribution in [0, 0.1) is 6.92 Å². The molecule has 31 heavy (non-hydrogen) atoms. The zero-order valence-electron chi connectivity index (χ0n) is 17.9. The Bertz CT molecular complexity index is 971. The summed E-state index contributed by atoms with van der Waals surface area (Å²) in [6.07, 6.45) is 1.67. The number of hydrogen-bond acceptors (Lipinski definition) is 4. The van der Waals surface area contributed by atoms with Crippen molar-refractivity contribution < 1.29 is 19.1 Å². The van der Waals surface area contributed by atoms with E-state index in [1.165, 1.54) is 0 Å². The van der Waals surface area contributed by atoms with Gasteiger partial charge in [-0.15, -0.1) is 0 Å². The average Bonchev–Trinajstić information content (AvgIpc) is 3.38. The van der Waals surface area contributed by atoms with E-state index in [1.807, 2.05) is 65.3 Å². The number of benzene rings is 2. The van der Waals surface area contributed by atoms with E-state index in [1.54, 1.807) is 0 Å². The summed E-state index contributed by atoms with van der Waals surface area (Å²) < 4.78 is 11.6. The molecule has 0 bridgehead atoms. The number of likely N-dealkylation sites (tertiary alicyclic amines) is 1. The fourth-order valence-corrected chi connectivity index (χ4v) is 4.90. The highest BCUT2D eigenvalue weighted by atomic mass is 16.7. The molecule has 0 radical (unpaired) electrons. The number of fused-ring (bicyclic) bond motifs is 1. The number of aryl methyl sites for hydroxylation is 1. The first-order chi connectivity index (χ1) is 15.0. The number of carbonyl (C=O) groups excluding carboxylic acids is 2. The molecular formula is C25H28N2O4.